The van der Waals surface area contributed by atoms with Crippen molar-refractivity contribution in [2.75, 3.05) is 10.7 Å². The normalized spacial score (nSPS) is 11.2. The van der Waals surface area contributed by atoms with Gasteiger partial charge in [0.15, 0.2) is 0 Å². The highest BCUT2D eigenvalue weighted by Gasteiger charge is 2.16. The lowest BCUT2D eigenvalue weighted by atomic mass is 10.1. The third-order valence-corrected chi connectivity index (χ3v) is 5.29. The minimum absolute atomic E-state index is 0.251. The quantitative estimate of drug-likeness (QED) is 0.260. The zero-order valence-corrected chi connectivity index (χ0v) is 17.7. The van der Waals surface area contributed by atoms with Crippen LogP contribution in [0, 0.1) is 5.82 Å². The highest BCUT2D eigenvalue weighted by atomic mass is 32.1. The monoisotopic (exact) mass is 442 g/mol. The number of thiazole rings is 1. The average molecular weight is 443 g/mol. The van der Waals surface area contributed by atoms with Gasteiger partial charge in [0.25, 0.3) is 5.91 Å². The molecule has 3 aromatic carbocycles. The number of rotatable bonds is 7. The van der Waals surface area contributed by atoms with E-state index in [1.807, 2.05) is 48.6 Å². The summed E-state index contributed by atoms with van der Waals surface area (Å²) in [5.41, 5.74) is 5.71. The van der Waals surface area contributed by atoms with Gasteiger partial charge in [-0.3, -0.25) is 10.2 Å². The average Bonchev–Trinajstić information content (AvgIpc) is 3.23. The first-order chi connectivity index (χ1) is 15.7. The summed E-state index contributed by atoms with van der Waals surface area (Å²) < 4.78 is 13.4. The summed E-state index contributed by atoms with van der Waals surface area (Å²) in [4.78, 5) is 17.2. The molecule has 5 nitrogen and oxygen atoms in total. The van der Waals surface area contributed by atoms with Crippen molar-refractivity contribution in [1.29, 1.82) is 0 Å². The molecule has 158 valence electrons. The van der Waals surface area contributed by atoms with Crippen LogP contribution in [0.4, 0.5) is 14.5 Å². The summed E-state index contributed by atoms with van der Waals surface area (Å²) in [6.45, 7) is 0. The Hall–Kier alpha value is -4.10. The number of carbonyl (C=O) groups is 1. The van der Waals surface area contributed by atoms with Crippen LogP contribution in [0.2, 0.25) is 0 Å². The molecule has 0 radical (unpaired) electrons. The molecule has 0 aliphatic carbocycles. The van der Waals surface area contributed by atoms with E-state index in [0.717, 1.165) is 5.56 Å². The minimum atomic E-state index is -0.341. The van der Waals surface area contributed by atoms with Crippen LogP contribution in [0.5, 0.6) is 0 Å². The topological polar surface area (TPSA) is 66.4 Å². The molecule has 7 heteroatoms. The van der Waals surface area contributed by atoms with Crippen LogP contribution in [0.25, 0.3) is 17.3 Å². The number of amides is 1. The van der Waals surface area contributed by atoms with Crippen LogP contribution in [0.1, 0.15) is 15.9 Å². The van der Waals surface area contributed by atoms with Gasteiger partial charge in [-0.25, -0.2) is 9.37 Å². The summed E-state index contributed by atoms with van der Waals surface area (Å²) in [7, 11) is 0. The smallest absolute Gasteiger partial charge is 0.256 e. The second-order valence-corrected chi connectivity index (χ2v) is 7.68. The third-order valence-electron chi connectivity index (χ3n) is 4.42. The van der Waals surface area contributed by atoms with E-state index in [-0.39, 0.29) is 11.7 Å². The zero-order valence-electron chi connectivity index (χ0n) is 16.9. The maximum absolute atomic E-state index is 13.4. The van der Waals surface area contributed by atoms with Crippen molar-refractivity contribution in [3.8, 4) is 11.3 Å². The molecule has 0 fully saturated rings. The van der Waals surface area contributed by atoms with Crippen molar-refractivity contribution in [1.82, 2.24) is 4.98 Å². The number of halogens is 1. The van der Waals surface area contributed by atoms with Gasteiger partial charge in [0.05, 0.1) is 0 Å². The molecule has 4 rings (SSSR count). The first-order valence-corrected chi connectivity index (χ1v) is 10.6. The fraction of sp³-hybridized carbons (Fsp3) is 0. The van der Waals surface area contributed by atoms with Crippen LogP contribution in [-0.4, -0.2) is 17.1 Å². The summed E-state index contributed by atoms with van der Waals surface area (Å²) in [6.07, 6.45) is 5.37. The molecule has 1 heterocycles. The predicted molar refractivity (Wildman–Crippen MR) is 129 cm³/mol. The number of aromatic nitrogens is 1. The lowest BCUT2D eigenvalue weighted by molar-refractivity contribution is 0.102. The lowest BCUT2D eigenvalue weighted by Crippen LogP contribution is -2.11. The van der Waals surface area contributed by atoms with Crippen LogP contribution < -0.4 is 10.7 Å². The Bertz CT molecular complexity index is 1240. The van der Waals surface area contributed by atoms with Crippen molar-refractivity contribution >= 4 is 39.7 Å². The molecule has 0 spiro atoms. The molecule has 0 atom stereocenters. The highest BCUT2D eigenvalue weighted by molar-refractivity contribution is 7.20. The van der Waals surface area contributed by atoms with Crippen molar-refractivity contribution in [2.45, 2.75) is 0 Å². The molecule has 0 aliphatic heterocycles. The van der Waals surface area contributed by atoms with Gasteiger partial charge in [-0.1, -0.05) is 65.9 Å². The van der Waals surface area contributed by atoms with E-state index < -0.39 is 0 Å². The van der Waals surface area contributed by atoms with E-state index >= 15 is 0 Å². The number of hydrogen-bond donors (Lipinski definition) is 2. The summed E-state index contributed by atoms with van der Waals surface area (Å²) in [5.74, 6) is -0.592. The second kappa shape index (κ2) is 10.3. The van der Waals surface area contributed by atoms with E-state index in [2.05, 4.69) is 20.8 Å². The van der Waals surface area contributed by atoms with Gasteiger partial charge in [0, 0.05) is 17.3 Å². The molecule has 0 saturated carbocycles. The number of nitrogens with one attached hydrogen (secondary N) is 2. The Kier molecular flexibility index (Phi) is 6.79. The summed E-state index contributed by atoms with van der Waals surface area (Å²) in [6, 6.07) is 24.8. The fourth-order valence-electron chi connectivity index (χ4n) is 2.87. The minimum Gasteiger partial charge on any atom is -0.312 e. The van der Waals surface area contributed by atoms with Gasteiger partial charge in [-0.05, 0) is 48.0 Å². The molecule has 0 aliphatic rings. The lowest BCUT2D eigenvalue weighted by Gasteiger charge is -2.05. The molecule has 1 amide bonds. The Morgan fingerprint density at radius 3 is 2.34 bits per heavy atom. The Morgan fingerprint density at radius 2 is 1.62 bits per heavy atom. The maximum atomic E-state index is 13.4. The van der Waals surface area contributed by atoms with Gasteiger partial charge in [0.1, 0.15) is 16.5 Å². The predicted octanol–water partition coefficient (Wildman–Crippen LogP) is 6.31. The number of anilines is 2. The van der Waals surface area contributed by atoms with Crippen molar-refractivity contribution in [3.63, 3.8) is 0 Å². The van der Waals surface area contributed by atoms with E-state index in [0.29, 0.717) is 27.0 Å². The van der Waals surface area contributed by atoms with Crippen molar-refractivity contribution in [2.24, 2.45) is 5.10 Å². The number of allylic oxidation sites excluding steroid dienone is 1. The van der Waals surface area contributed by atoms with Gasteiger partial charge in [0.2, 0.25) is 5.13 Å². The maximum Gasteiger partial charge on any atom is 0.256 e. The van der Waals surface area contributed by atoms with Gasteiger partial charge < -0.3 is 5.32 Å². The Balaban J connectivity index is 1.53. The van der Waals surface area contributed by atoms with Crippen molar-refractivity contribution < 1.29 is 9.18 Å². The largest absolute Gasteiger partial charge is 0.312 e. The van der Waals surface area contributed by atoms with Gasteiger partial charge in [-0.2, -0.15) is 5.10 Å². The van der Waals surface area contributed by atoms with Crippen LogP contribution in [0.3, 0.4) is 0 Å². The molecule has 0 unspecified atom stereocenters. The number of nitrogens with zero attached hydrogens (tertiary/aromatic N) is 2. The Labute approximate surface area is 189 Å². The van der Waals surface area contributed by atoms with E-state index in [4.69, 9.17) is 0 Å². The van der Waals surface area contributed by atoms with Gasteiger partial charge in [-0.15, -0.1) is 0 Å². The number of benzene rings is 3. The molecule has 0 bridgehead atoms. The Morgan fingerprint density at radius 1 is 0.938 bits per heavy atom. The molecule has 0 saturated heterocycles. The first-order valence-electron chi connectivity index (χ1n) is 9.83. The SMILES string of the molecule is O=C(Nc1sc(NN=CC=Cc2ccccc2)nc1-c1ccc(F)cc1)c1ccccc1. The zero-order chi connectivity index (χ0) is 22.2. The fourth-order valence-corrected chi connectivity index (χ4v) is 3.71. The van der Waals surface area contributed by atoms with E-state index in [9.17, 15) is 9.18 Å². The molecule has 4 aromatic rings. The van der Waals surface area contributed by atoms with Crippen LogP contribution in [-0.2, 0) is 0 Å². The first kappa shape index (κ1) is 21.1. The summed E-state index contributed by atoms with van der Waals surface area (Å²) in [5, 5.41) is 8.11. The number of hydrogen-bond acceptors (Lipinski definition) is 5. The number of carbonyl (C=O) groups excluding carboxylic acids is 1. The third kappa shape index (κ3) is 5.53. The second-order valence-electron chi connectivity index (χ2n) is 6.68. The standard InChI is InChI=1S/C25H19FN4OS/c26-21-15-13-19(14-16-21)22-24(29-23(31)20-11-5-2-6-12-20)32-25(28-22)30-27-17-7-10-18-8-3-1-4-9-18/h1-17H,(H,28,30)(H,29,31). The number of hydrazone groups is 1. The summed E-state index contributed by atoms with van der Waals surface area (Å²) >= 11 is 1.25. The molecule has 1 aromatic heterocycles. The highest BCUT2D eigenvalue weighted by Crippen LogP contribution is 2.36. The molecule has 2 N–H and O–H groups in total. The van der Waals surface area contributed by atoms with Crippen molar-refractivity contribution in [3.05, 3.63) is 108 Å². The van der Waals surface area contributed by atoms with E-state index in [1.165, 1.54) is 23.5 Å². The molecular formula is C25H19FN4OS. The van der Waals surface area contributed by atoms with E-state index in [1.54, 1.807) is 42.6 Å². The van der Waals surface area contributed by atoms with Gasteiger partial charge >= 0.3 is 0 Å². The van der Waals surface area contributed by atoms with Crippen LogP contribution >= 0.6 is 11.3 Å². The molecular weight excluding hydrogens is 423 g/mol. The van der Waals surface area contributed by atoms with Crippen LogP contribution in [0.15, 0.2) is 96.1 Å². The molecule has 32 heavy (non-hydrogen) atoms.